The molecular weight excluding hydrogens is 447 g/mol. The molecule has 33 heavy (non-hydrogen) atoms. The Morgan fingerprint density at radius 3 is 2.58 bits per heavy atom. The number of carbonyl (C=O) groups is 1. The van der Waals surface area contributed by atoms with Crippen molar-refractivity contribution in [2.75, 3.05) is 38.6 Å². The smallest absolute Gasteiger partial charge is 0.255 e. The summed E-state index contributed by atoms with van der Waals surface area (Å²) in [6, 6.07) is 13.4. The lowest BCUT2D eigenvalue weighted by atomic mass is 10.1. The number of aryl methyl sites for hydroxylation is 1. The number of aromatic nitrogens is 2. The van der Waals surface area contributed by atoms with Crippen molar-refractivity contribution in [3.05, 3.63) is 71.7 Å². The molecule has 2 heterocycles. The molecule has 1 aliphatic heterocycles. The van der Waals surface area contributed by atoms with Crippen molar-refractivity contribution in [1.82, 2.24) is 19.4 Å². The Labute approximate surface area is 192 Å². The zero-order valence-electron chi connectivity index (χ0n) is 18.2. The zero-order valence-corrected chi connectivity index (χ0v) is 19.0. The molecule has 0 bridgehead atoms. The number of rotatable bonds is 7. The summed E-state index contributed by atoms with van der Waals surface area (Å²) in [5.41, 5.74) is 3.11. The minimum Gasteiger partial charge on any atom is -0.379 e. The predicted octanol–water partition coefficient (Wildman–Crippen LogP) is 2.38. The van der Waals surface area contributed by atoms with E-state index in [0.717, 1.165) is 11.1 Å². The molecule has 1 fully saturated rings. The van der Waals surface area contributed by atoms with Crippen molar-refractivity contribution in [2.24, 2.45) is 0 Å². The van der Waals surface area contributed by atoms with Gasteiger partial charge in [-0.3, -0.25) is 4.79 Å². The molecule has 1 aromatic heterocycles. The summed E-state index contributed by atoms with van der Waals surface area (Å²) < 4.78 is 46.5. The average Bonchev–Trinajstić information content (AvgIpc) is 3.26. The highest BCUT2D eigenvalue weighted by Gasteiger charge is 2.25. The number of nitrogens with zero attached hydrogens (tertiary/aromatic N) is 3. The molecule has 2 aromatic carbocycles. The summed E-state index contributed by atoms with van der Waals surface area (Å²) in [7, 11) is -3.49. The van der Waals surface area contributed by atoms with Gasteiger partial charge in [-0.2, -0.15) is 9.40 Å². The van der Waals surface area contributed by atoms with Gasteiger partial charge in [0.25, 0.3) is 5.91 Å². The first kappa shape index (κ1) is 23.1. The number of hydrogen-bond donors (Lipinski definition) is 1. The van der Waals surface area contributed by atoms with E-state index in [1.54, 1.807) is 18.3 Å². The third kappa shape index (κ3) is 5.47. The molecule has 8 nitrogen and oxygen atoms in total. The Hall–Kier alpha value is -3.08. The number of sulfonamides is 1. The van der Waals surface area contributed by atoms with Crippen molar-refractivity contribution >= 4 is 15.9 Å². The van der Waals surface area contributed by atoms with E-state index in [0.29, 0.717) is 43.2 Å². The van der Waals surface area contributed by atoms with E-state index in [9.17, 15) is 17.6 Å². The number of nitrogens with one attached hydrogen (secondary N) is 1. The van der Waals surface area contributed by atoms with E-state index in [-0.39, 0.29) is 18.1 Å². The van der Waals surface area contributed by atoms with Gasteiger partial charge >= 0.3 is 0 Å². The first-order valence-corrected chi connectivity index (χ1v) is 12.2. The van der Waals surface area contributed by atoms with E-state index in [1.165, 1.54) is 21.1 Å². The molecule has 1 aliphatic rings. The molecule has 3 aromatic rings. The van der Waals surface area contributed by atoms with Gasteiger partial charge in [-0.15, -0.1) is 0 Å². The van der Waals surface area contributed by atoms with Crippen LogP contribution < -0.4 is 5.32 Å². The molecule has 0 saturated carbocycles. The SMILES string of the molecule is Cc1cccc(-c2nn(-c3ccc(F)cc3)cc2C(=O)NCCS(=O)(=O)N2CCOCC2)c1. The van der Waals surface area contributed by atoms with Gasteiger partial charge in [0, 0.05) is 31.4 Å². The van der Waals surface area contributed by atoms with Gasteiger partial charge in [0.1, 0.15) is 11.5 Å². The predicted molar refractivity (Wildman–Crippen MR) is 122 cm³/mol. The van der Waals surface area contributed by atoms with E-state index in [4.69, 9.17) is 4.74 Å². The summed E-state index contributed by atoms with van der Waals surface area (Å²) in [4.78, 5) is 13.0. The van der Waals surface area contributed by atoms with Crippen molar-refractivity contribution in [1.29, 1.82) is 0 Å². The summed E-state index contributed by atoms with van der Waals surface area (Å²) in [5.74, 6) is -1.01. The first-order chi connectivity index (χ1) is 15.8. The standard InChI is InChI=1S/C23H25FN4O4S/c1-17-3-2-4-18(15-17)22-21(16-28(26-22)20-7-5-19(24)6-8-20)23(29)25-9-14-33(30,31)27-10-12-32-13-11-27/h2-8,15-16H,9-14H2,1H3,(H,25,29). The lowest BCUT2D eigenvalue weighted by Crippen LogP contribution is -2.43. The number of carbonyl (C=O) groups excluding carboxylic acids is 1. The number of amides is 1. The molecule has 0 atom stereocenters. The molecule has 1 saturated heterocycles. The third-order valence-corrected chi connectivity index (χ3v) is 7.22. The second-order valence-corrected chi connectivity index (χ2v) is 9.85. The maximum absolute atomic E-state index is 13.3. The molecular formula is C23H25FN4O4S. The molecule has 1 amide bonds. The van der Waals surface area contributed by atoms with Crippen molar-refractivity contribution in [3.8, 4) is 16.9 Å². The molecule has 4 rings (SSSR count). The Morgan fingerprint density at radius 2 is 1.88 bits per heavy atom. The van der Waals surface area contributed by atoms with Gasteiger partial charge in [0.05, 0.1) is 30.2 Å². The molecule has 1 N–H and O–H groups in total. The van der Waals surface area contributed by atoms with Gasteiger partial charge in [0.15, 0.2) is 0 Å². The number of morpholine rings is 1. The Bertz CT molecular complexity index is 1240. The van der Waals surface area contributed by atoms with E-state index >= 15 is 0 Å². The summed E-state index contributed by atoms with van der Waals surface area (Å²) in [5, 5.41) is 7.27. The number of benzene rings is 2. The van der Waals surface area contributed by atoms with Crippen LogP contribution in [-0.4, -0.2) is 67.0 Å². The lowest BCUT2D eigenvalue weighted by molar-refractivity contribution is 0.0730. The van der Waals surface area contributed by atoms with Crippen LogP contribution in [0.2, 0.25) is 0 Å². The minimum absolute atomic E-state index is 0.0342. The quantitative estimate of drug-likeness (QED) is 0.570. The maximum Gasteiger partial charge on any atom is 0.255 e. The lowest BCUT2D eigenvalue weighted by Gasteiger charge is -2.26. The summed E-state index contributed by atoms with van der Waals surface area (Å²) in [6.45, 7) is 3.28. The second kappa shape index (κ2) is 9.82. The van der Waals surface area contributed by atoms with Crippen LogP contribution in [0.3, 0.4) is 0 Å². The van der Waals surface area contributed by atoms with Gasteiger partial charge < -0.3 is 10.1 Å². The molecule has 10 heteroatoms. The van der Waals surface area contributed by atoms with E-state index in [2.05, 4.69) is 10.4 Å². The first-order valence-electron chi connectivity index (χ1n) is 10.6. The molecule has 0 aliphatic carbocycles. The Balaban J connectivity index is 1.56. The largest absolute Gasteiger partial charge is 0.379 e. The minimum atomic E-state index is -3.49. The summed E-state index contributed by atoms with van der Waals surface area (Å²) >= 11 is 0. The Morgan fingerprint density at radius 1 is 1.15 bits per heavy atom. The average molecular weight is 473 g/mol. The zero-order chi connectivity index (χ0) is 23.4. The highest BCUT2D eigenvalue weighted by molar-refractivity contribution is 7.89. The molecule has 174 valence electrons. The molecule has 0 radical (unpaired) electrons. The topological polar surface area (TPSA) is 93.5 Å². The van der Waals surface area contributed by atoms with Gasteiger partial charge in [0.2, 0.25) is 10.0 Å². The number of halogens is 1. The fraction of sp³-hybridized carbons (Fsp3) is 0.304. The fourth-order valence-electron chi connectivity index (χ4n) is 3.61. The molecule has 0 spiro atoms. The van der Waals surface area contributed by atoms with E-state index in [1.807, 2.05) is 31.2 Å². The van der Waals surface area contributed by atoms with Crippen LogP contribution in [0.4, 0.5) is 4.39 Å². The van der Waals surface area contributed by atoms with Crippen LogP contribution in [0, 0.1) is 12.7 Å². The molecule has 0 unspecified atom stereocenters. The van der Waals surface area contributed by atoms with Crippen LogP contribution in [0.25, 0.3) is 16.9 Å². The second-order valence-electron chi connectivity index (χ2n) is 7.77. The van der Waals surface area contributed by atoms with Crippen LogP contribution in [0.1, 0.15) is 15.9 Å². The van der Waals surface area contributed by atoms with Crippen molar-refractivity contribution < 1.29 is 22.3 Å². The van der Waals surface area contributed by atoms with Crippen molar-refractivity contribution in [2.45, 2.75) is 6.92 Å². The fourth-order valence-corrected chi connectivity index (χ4v) is 4.94. The van der Waals surface area contributed by atoms with Gasteiger partial charge in [-0.1, -0.05) is 23.8 Å². The maximum atomic E-state index is 13.3. The van der Waals surface area contributed by atoms with E-state index < -0.39 is 15.9 Å². The Kier molecular flexibility index (Phi) is 6.87. The van der Waals surface area contributed by atoms with Crippen LogP contribution >= 0.6 is 0 Å². The third-order valence-electron chi connectivity index (χ3n) is 5.35. The highest BCUT2D eigenvalue weighted by Crippen LogP contribution is 2.25. The number of ether oxygens (including phenoxy) is 1. The normalized spacial score (nSPS) is 14.8. The van der Waals surface area contributed by atoms with Crippen LogP contribution in [-0.2, 0) is 14.8 Å². The monoisotopic (exact) mass is 472 g/mol. The highest BCUT2D eigenvalue weighted by atomic mass is 32.2. The van der Waals surface area contributed by atoms with Crippen molar-refractivity contribution in [3.63, 3.8) is 0 Å². The van der Waals surface area contributed by atoms with Gasteiger partial charge in [-0.25, -0.2) is 17.5 Å². The number of hydrogen-bond acceptors (Lipinski definition) is 5. The van der Waals surface area contributed by atoms with Crippen LogP contribution in [0.5, 0.6) is 0 Å². The summed E-state index contributed by atoms with van der Waals surface area (Å²) in [6.07, 6.45) is 1.57. The van der Waals surface area contributed by atoms with Gasteiger partial charge in [-0.05, 0) is 37.3 Å². The van der Waals surface area contributed by atoms with Crippen LogP contribution in [0.15, 0.2) is 54.7 Å².